The highest BCUT2D eigenvalue weighted by molar-refractivity contribution is 4.67. The van der Waals surface area contributed by atoms with Crippen LogP contribution in [0.2, 0.25) is 0 Å². The van der Waals surface area contributed by atoms with Crippen molar-refractivity contribution in [1.82, 2.24) is 0 Å². The van der Waals surface area contributed by atoms with E-state index in [1.165, 1.54) is 0 Å². The first-order valence-corrected chi connectivity index (χ1v) is 3.39. The highest BCUT2D eigenvalue weighted by Crippen LogP contribution is 1.97. The van der Waals surface area contributed by atoms with Crippen LogP contribution in [0.5, 0.6) is 0 Å². The SMILES string of the molecule is CC[N+](C)(CC)CC#N.[I-]. The second kappa shape index (κ2) is 5.93. The summed E-state index contributed by atoms with van der Waals surface area (Å²) in [5.74, 6) is 0. The van der Waals surface area contributed by atoms with E-state index in [2.05, 4.69) is 27.0 Å². The molecule has 0 rings (SSSR count). The molecule has 60 valence electrons. The highest BCUT2D eigenvalue weighted by Gasteiger charge is 2.13. The van der Waals surface area contributed by atoms with Crippen molar-refractivity contribution in [2.24, 2.45) is 0 Å². The molecular formula is C7H15IN2. The third-order valence-electron chi connectivity index (χ3n) is 1.98. The molecule has 0 bridgehead atoms. The topological polar surface area (TPSA) is 23.8 Å². The number of halogens is 1. The Bertz CT molecular complexity index is 113. The van der Waals surface area contributed by atoms with Crippen LogP contribution in [0.4, 0.5) is 0 Å². The van der Waals surface area contributed by atoms with Gasteiger partial charge in [-0.05, 0) is 13.8 Å². The van der Waals surface area contributed by atoms with E-state index in [4.69, 9.17) is 5.26 Å². The van der Waals surface area contributed by atoms with Gasteiger partial charge in [0.2, 0.25) is 0 Å². The molecule has 0 fully saturated rings. The van der Waals surface area contributed by atoms with E-state index in [0.717, 1.165) is 17.6 Å². The van der Waals surface area contributed by atoms with Gasteiger partial charge in [0.1, 0.15) is 6.07 Å². The fraction of sp³-hybridized carbons (Fsp3) is 0.857. The zero-order valence-electron chi connectivity index (χ0n) is 6.89. The average Bonchev–Trinajstić information content (AvgIpc) is 1.89. The lowest BCUT2D eigenvalue weighted by Gasteiger charge is -2.28. The van der Waals surface area contributed by atoms with Crippen molar-refractivity contribution in [3.05, 3.63) is 0 Å². The Morgan fingerprint density at radius 1 is 1.30 bits per heavy atom. The molecule has 0 heterocycles. The number of nitriles is 1. The van der Waals surface area contributed by atoms with Crippen LogP contribution < -0.4 is 24.0 Å². The lowest BCUT2D eigenvalue weighted by molar-refractivity contribution is -0.899. The minimum Gasteiger partial charge on any atom is -1.00 e. The maximum atomic E-state index is 8.40. The van der Waals surface area contributed by atoms with Crippen molar-refractivity contribution in [3.63, 3.8) is 0 Å². The first-order valence-electron chi connectivity index (χ1n) is 3.39. The van der Waals surface area contributed by atoms with Gasteiger partial charge in [0.15, 0.2) is 6.54 Å². The van der Waals surface area contributed by atoms with Crippen LogP contribution in [0.15, 0.2) is 0 Å². The van der Waals surface area contributed by atoms with Crippen LogP contribution in [-0.2, 0) is 0 Å². The monoisotopic (exact) mass is 254 g/mol. The van der Waals surface area contributed by atoms with Crippen molar-refractivity contribution in [3.8, 4) is 6.07 Å². The van der Waals surface area contributed by atoms with Crippen molar-refractivity contribution in [1.29, 1.82) is 5.26 Å². The van der Waals surface area contributed by atoms with Crippen molar-refractivity contribution < 1.29 is 28.5 Å². The summed E-state index contributed by atoms with van der Waals surface area (Å²) in [6.45, 7) is 6.95. The lowest BCUT2D eigenvalue weighted by Crippen LogP contribution is -3.00. The number of hydrogen-bond donors (Lipinski definition) is 0. The van der Waals surface area contributed by atoms with Crippen molar-refractivity contribution in [2.45, 2.75) is 13.8 Å². The van der Waals surface area contributed by atoms with Gasteiger partial charge in [-0.25, -0.2) is 0 Å². The molecule has 0 aromatic heterocycles. The van der Waals surface area contributed by atoms with Crippen molar-refractivity contribution in [2.75, 3.05) is 26.7 Å². The second-order valence-corrected chi connectivity index (χ2v) is 2.57. The summed E-state index contributed by atoms with van der Waals surface area (Å²) >= 11 is 0. The largest absolute Gasteiger partial charge is 1.00 e. The lowest BCUT2D eigenvalue weighted by atomic mass is 10.4. The molecule has 0 saturated heterocycles. The molecule has 0 spiro atoms. The van der Waals surface area contributed by atoms with Crippen LogP contribution in [0.1, 0.15) is 13.8 Å². The van der Waals surface area contributed by atoms with E-state index in [-0.39, 0.29) is 24.0 Å². The molecule has 0 amide bonds. The summed E-state index contributed by atoms with van der Waals surface area (Å²) in [5, 5.41) is 8.40. The molecule has 0 atom stereocenters. The maximum absolute atomic E-state index is 8.40. The van der Waals surface area contributed by atoms with Gasteiger partial charge in [-0.1, -0.05) is 0 Å². The van der Waals surface area contributed by atoms with E-state index in [0.29, 0.717) is 6.54 Å². The Morgan fingerprint density at radius 2 is 1.70 bits per heavy atom. The predicted molar refractivity (Wildman–Crippen MR) is 37.7 cm³/mol. The van der Waals surface area contributed by atoms with E-state index in [9.17, 15) is 0 Å². The third kappa shape index (κ3) is 4.07. The fourth-order valence-electron chi connectivity index (χ4n) is 0.618. The predicted octanol–water partition coefficient (Wildman–Crippen LogP) is -2.00. The molecule has 0 aliphatic heterocycles. The van der Waals surface area contributed by atoms with Gasteiger partial charge in [-0.2, -0.15) is 5.26 Å². The van der Waals surface area contributed by atoms with Crippen LogP contribution >= 0.6 is 0 Å². The number of quaternary nitrogens is 1. The molecule has 0 aliphatic rings. The number of nitrogens with zero attached hydrogens (tertiary/aromatic N) is 2. The fourth-order valence-corrected chi connectivity index (χ4v) is 0.618. The van der Waals surface area contributed by atoms with Gasteiger partial charge in [0.25, 0.3) is 0 Å². The van der Waals surface area contributed by atoms with Crippen molar-refractivity contribution >= 4 is 0 Å². The molecule has 0 radical (unpaired) electrons. The van der Waals surface area contributed by atoms with Gasteiger partial charge < -0.3 is 28.5 Å². The van der Waals surface area contributed by atoms with Gasteiger partial charge in [-0.3, -0.25) is 0 Å². The van der Waals surface area contributed by atoms with Crippen LogP contribution in [0.25, 0.3) is 0 Å². The van der Waals surface area contributed by atoms with E-state index in [1.54, 1.807) is 0 Å². The van der Waals surface area contributed by atoms with Crippen LogP contribution in [0.3, 0.4) is 0 Å². The minimum atomic E-state index is 0. The average molecular weight is 254 g/mol. The summed E-state index contributed by atoms with van der Waals surface area (Å²) < 4.78 is 0.872. The highest BCUT2D eigenvalue weighted by atomic mass is 127. The molecule has 0 N–H and O–H groups in total. The smallest absolute Gasteiger partial charge is 0.166 e. The van der Waals surface area contributed by atoms with E-state index < -0.39 is 0 Å². The molecule has 0 unspecified atom stereocenters. The van der Waals surface area contributed by atoms with E-state index in [1.807, 2.05) is 0 Å². The van der Waals surface area contributed by atoms with Gasteiger partial charge in [0, 0.05) is 0 Å². The standard InChI is InChI=1S/C7H15N2.HI/c1-4-9(3,5-2)7-6-8;/h4-5,7H2,1-3H3;1H/q+1;/p-1. The maximum Gasteiger partial charge on any atom is 0.166 e. The summed E-state index contributed by atoms with van der Waals surface area (Å²) in [5.41, 5.74) is 0. The summed E-state index contributed by atoms with van der Waals surface area (Å²) in [7, 11) is 2.10. The zero-order chi connectivity index (χ0) is 7.33. The quantitative estimate of drug-likeness (QED) is 0.325. The Kier molecular flexibility index (Phi) is 7.60. The second-order valence-electron chi connectivity index (χ2n) is 2.57. The summed E-state index contributed by atoms with van der Waals surface area (Å²) in [6, 6.07) is 2.18. The normalized spacial score (nSPS) is 9.80. The molecule has 0 aromatic rings. The first-order chi connectivity index (χ1) is 4.18. The Balaban J connectivity index is 0. The molecule has 0 aromatic carbocycles. The molecule has 0 aliphatic carbocycles. The van der Waals surface area contributed by atoms with E-state index >= 15 is 0 Å². The Hall–Kier alpha value is 0.180. The summed E-state index contributed by atoms with van der Waals surface area (Å²) in [6.07, 6.45) is 0. The van der Waals surface area contributed by atoms with Gasteiger partial charge in [0.05, 0.1) is 20.1 Å². The minimum absolute atomic E-state index is 0. The Labute approximate surface area is 80.4 Å². The molecule has 0 saturated carbocycles. The van der Waals surface area contributed by atoms with Gasteiger partial charge >= 0.3 is 0 Å². The molecule has 3 heteroatoms. The number of rotatable bonds is 3. The number of hydrogen-bond acceptors (Lipinski definition) is 1. The van der Waals surface area contributed by atoms with Crippen LogP contribution in [-0.4, -0.2) is 31.2 Å². The molecular weight excluding hydrogens is 239 g/mol. The van der Waals surface area contributed by atoms with Crippen LogP contribution in [0, 0.1) is 11.3 Å². The molecule has 2 nitrogen and oxygen atoms in total. The third-order valence-corrected chi connectivity index (χ3v) is 1.98. The molecule has 10 heavy (non-hydrogen) atoms. The Morgan fingerprint density at radius 3 is 1.80 bits per heavy atom. The summed E-state index contributed by atoms with van der Waals surface area (Å²) in [4.78, 5) is 0. The zero-order valence-corrected chi connectivity index (χ0v) is 9.05. The van der Waals surface area contributed by atoms with Gasteiger partial charge in [-0.15, -0.1) is 0 Å². The first kappa shape index (κ1) is 12.8.